The normalized spacial score (nSPS) is 14.6. The summed E-state index contributed by atoms with van der Waals surface area (Å²) in [5.41, 5.74) is 0.710. The van der Waals surface area contributed by atoms with Gasteiger partial charge in [-0.25, -0.2) is 4.39 Å². The van der Waals surface area contributed by atoms with E-state index in [-0.39, 0.29) is 11.2 Å². The lowest BCUT2D eigenvalue weighted by Gasteiger charge is -2.34. The summed E-state index contributed by atoms with van der Waals surface area (Å²) in [6.07, 6.45) is 0.688. The lowest BCUT2D eigenvalue weighted by atomic mass is 9.74. The highest BCUT2D eigenvalue weighted by atomic mass is 35.5. The van der Waals surface area contributed by atoms with Crippen molar-refractivity contribution in [3.63, 3.8) is 0 Å². The number of methoxy groups -OCH3 is 1. The van der Waals surface area contributed by atoms with Crippen LogP contribution in [0.5, 0.6) is 0 Å². The van der Waals surface area contributed by atoms with Gasteiger partial charge in [-0.05, 0) is 35.4 Å². The van der Waals surface area contributed by atoms with Crippen molar-refractivity contribution in [1.29, 1.82) is 0 Å². The highest BCUT2D eigenvalue weighted by Gasteiger charge is 2.29. The summed E-state index contributed by atoms with van der Waals surface area (Å²) in [6.45, 7) is 8.85. The molecular weight excluding hydrogens is 277 g/mol. The van der Waals surface area contributed by atoms with E-state index in [1.165, 1.54) is 6.07 Å². The second-order valence-corrected chi connectivity index (χ2v) is 6.33. The molecule has 0 fully saturated rings. The molecule has 4 heteroatoms. The number of hydrogen-bond acceptors (Lipinski definition) is 2. The molecule has 1 unspecified atom stereocenters. The zero-order valence-corrected chi connectivity index (χ0v) is 13.6. The van der Waals surface area contributed by atoms with E-state index in [2.05, 4.69) is 26.1 Å². The lowest BCUT2D eigenvalue weighted by molar-refractivity contribution is 0.174. The average Bonchev–Trinajstić information content (AvgIpc) is 2.38. The monoisotopic (exact) mass is 301 g/mol. The molecule has 0 saturated heterocycles. The standard InChI is InChI=1S/C16H25ClFNO/c1-12(2)16(3,11-19-7-8-20-4)10-13-5-6-14(17)9-15(13)18/h5-6,9,12,19H,7-8,10-11H2,1-4H3. The Hall–Kier alpha value is -0.640. The Morgan fingerprint density at radius 2 is 2.10 bits per heavy atom. The summed E-state index contributed by atoms with van der Waals surface area (Å²) < 4.78 is 19.0. The molecular formula is C16H25ClFNO. The van der Waals surface area contributed by atoms with Crippen LogP contribution in [0.1, 0.15) is 26.3 Å². The van der Waals surface area contributed by atoms with Crippen molar-refractivity contribution in [2.75, 3.05) is 26.8 Å². The minimum atomic E-state index is -0.221. The van der Waals surface area contributed by atoms with Crippen LogP contribution in [-0.4, -0.2) is 26.8 Å². The predicted octanol–water partition coefficient (Wildman–Crippen LogP) is 3.92. The SMILES string of the molecule is COCCNCC(C)(Cc1ccc(Cl)cc1F)C(C)C. The Kier molecular flexibility index (Phi) is 6.93. The van der Waals surface area contributed by atoms with E-state index in [1.807, 2.05) is 0 Å². The third-order valence-electron chi connectivity index (χ3n) is 4.02. The Morgan fingerprint density at radius 3 is 2.65 bits per heavy atom. The van der Waals surface area contributed by atoms with Crippen LogP contribution in [0.3, 0.4) is 0 Å². The molecule has 0 aromatic heterocycles. The van der Waals surface area contributed by atoms with Crippen LogP contribution < -0.4 is 5.32 Å². The van der Waals surface area contributed by atoms with Crippen molar-refractivity contribution in [2.45, 2.75) is 27.2 Å². The molecule has 1 aromatic carbocycles. The van der Waals surface area contributed by atoms with Gasteiger partial charge in [0.25, 0.3) is 0 Å². The first-order valence-electron chi connectivity index (χ1n) is 7.02. The minimum Gasteiger partial charge on any atom is -0.383 e. The van der Waals surface area contributed by atoms with E-state index in [4.69, 9.17) is 16.3 Å². The third-order valence-corrected chi connectivity index (χ3v) is 4.25. The highest BCUT2D eigenvalue weighted by Crippen LogP contribution is 2.32. The summed E-state index contributed by atoms with van der Waals surface area (Å²) in [5.74, 6) is 0.217. The van der Waals surface area contributed by atoms with E-state index >= 15 is 0 Å². The second kappa shape index (κ2) is 7.96. The molecule has 1 aromatic rings. The van der Waals surface area contributed by atoms with Gasteiger partial charge in [0, 0.05) is 25.2 Å². The highest BCUT2D eigenvalue weighted by molar-refractivity contribution is 6.30. The predicted molar refractivity (Wildman–Crippen MR) is 82.8 cm³/mol. The van der Waals surface area contributed by atoms with Gasteiger partial charge in [-0.2, -0.15) is 0 Å². The molecule has 0 aliphatic heterocycles. The van der Waals surface area contributed by atoms with Gasteiger partial charge in [-0.1, -0.05) is 38.4 Å². The maximum atomic E-state index is 14.0. The van der Waals surface area contributed by atoms with E-state index in [0.29, 0.717) is 24.0 Å². The number of ether oxygens (including phenoxy) is 1. The van der Waals surface area contributed by atoms with Crippen LogP contribution in [0.2, 0.25) is 5.02 Å². The fraction of sp³-hybridized carbons (Fsp3) is 0.625. The van der Waals surface area contributed by atoms with Gasteiger partial charge < -0.3 is 10.1 Å². The van der Waals surface area contributed by atoms with Gasteiger partial charge in [-0.15, -0.1) is 0 Å². The van der Waals surface area contributed by atoms with Gasteiger partial charge in [-0.3, -0.25) is 0 Å². The fourth-order valence-electron chi connectivity index (χ4n) is 2.12. The minimum absolute atomic E-state index is 0.0115. The number of hydrogen-bond donors (Lipinski definition) is 1. The van der Waals surface area contributed by atoms with E-state index < -0.39 is 0 Å². The first-order chi connectivity index (χ1) is 9.39. The van der Waals surface area contributed by atoms with Gasteiger partial charge in [0.2, 0.25) is 0 Å². The summed E-state index contributed by atoms with van der Waals surface area (Å²) in [4.78, 5) is 0. The molecule has 0 saturated carbocycles. The maximum Gasteiger partial charge on any atom is 0.127 e. The zero-order chi connectivity index (χ0) is 15.2. The smallest absolute Gasteiger partial charge is 0.127 e. The average molecular weight is 302 g/mol. The number of halogens is 2. The molecule has 0 amide bonds. The van der Waals surface area contributed by atoms with Crippen molar-refractivity contribution in [1.82, 2.24) is 5.32 Å². The molecule has 0 heterocycles. The van der Waals surface area contributed by atoms with Gasteiger partial charge in [0.05, 0.1) is 6.61 Å². The molecule has 0 spiro atoms. The second-order valence-electron chi connectivity index (χ2n) is 5.89. The Balaban J connectivity index is 2.74. The van der Waals surface area contributed by atoms with E-state index in [1.54, 1.807) is 19.2 Å². The molecule has 2 nitrogen and oxygen atoms in total. The molecule has 20 heavy (non-hydrogen) atoms. The summed E-state index contributed by atoms with van der Waals surface area (Å²) in [5, 5.41) is 3.83. The Labute approximate surface area is 126 Å². The van der Waals surface area contributed by atoms with Crippen molar-refractivity contribution in [3.05, 3.63) is 34.6 Å². The molecule has 0 bridgehead atoms. The Morgan fingerprint density at radius 1 is 1.40 bits per heavy atom. The number of nitrogens with one attached hydrogen (secondary N) is 1. The van der Waals surface area contributed by atoms with E-state index in [0.717, 1.165) is 18.7 Å². The van der Waals surface area contributed by atoms with E-state index in [9.17, 15) is 4.39 Å². The molecule has 1 N–H and O–H groups in total. The quantitative estimate of drug-likeness (QED) is 0.735. The number of rotatable bonds is 8. The number of benzene rings is 1. The third kappa shape index (κ3) is 5.04. The fourth-order valence-corrected chi connectivity index (χ4v) is 2.28. The first kappa shape index (κ1) is 17.4. The van der Waals surface area contributed by atoms with Gasteiger partial charge >= 0.3 is 0 Å². The van der Waals surface area contributed by atoms with Crippen LogP contribution in [0.25, 0.3) is 0 Å². The van der Waals surface area contributed by atoms with Crippen molar-refractivity contribution in [2.24, 2.45) is 11.3 Å². The first-order valence-corrected chi connectivity index (χ1v) is 7.40. The van der Waals surface area contributed by atoms with Crippen LogP contribution in [0.15, 0.2) is 18.2 Å². The van der Waals surface area contributed by atoms with Crippen molar-refractivity contribution < 1.29 is 9.13 Å². The largest absolute Gasteiger partial charge is 0.383 e. The van der Waals surface area contributed by atoms with Crippen molar-refractivity contribution in [3.8, 4) is 0 Å². The molecule has 1 atom stereocenters. The summed E-state index contributed by atoms with van der Waals surface area (Å²) in [7, 11) is 1.69. The topological polar surface area (TPSA) is 21.3 Å². The van der Waals surface area contributed by atoms with Crippen LogP contribution in [0, 0.1) is 17.2 Å². The van der Waals surface area contributed by atoms with Crippen molar-refractivity contribution >= 4 is 11.6 Å². The maximum absolute atomic E-state index is 14.0. The molecule has 114 valence electrons. The van der Waals surface area contributed by atoms with Crippen LogP contribution in [-0.2, 0) is 11.2 Å². The molecule has 1 rings (SSSR count). The van der Waals surface area contributed by atoms with Crippen LogP contribution >= 0.6 is 11.6 Å². The molecule has 0 aliphatic rings. The van der Waals surface area contributed by atoms with Gasteiger partial charge in [0.1, 0.15) is 5.82 Å². The zero-order valence-electron chi connectivity index (χ0n) is 12.8. The lowest BCUT2D eigenvalue weighted by Crippen LogP contribution is -2.39. The summed E-state index contributed by atoms with van der Waals surface area (Å²) >= 11 is 5.80. The molecule has 0 aliphatic carbocycles. The molecule has 0 radical (unpaired) electrons. The van der Waals surface area contributed by atoms with Crippen LogP contribution in [0.4, 0.5) is 4.39 Å². The summed E-state index contributed by atoms with van der Waals surface area (Å²) in [6, 6.07) is 4.92. The Bertz CT molecular complexity index is 425. The van der Waals surface area contributed by atoms with Gasteiger partial charge in [0.15, 0.2) is 0 Å².